The summed E-state index contributed by atoms with van der Waals surface area (Å²) in [4.78, 5) is 4.05. The third kappa shape index (κ3) is 10.7. The van der Waals surface area contributed by atoms with Gasteiger partial charge in [0, 0.05) is 33.9 Å². The molecular weight excluding hydrogens is 299 g/mol. The second-order valence-corrected chi connectivity index (χ2v) is 5.99. The molecule has 0 aliphatic rings. The van der Waals surface area contributed by atoms with Crippen molar-refractivity contribution < 1.29 is 22.6 Å². The van der Waals surface area contributed by atoms with Gasteiger partial charge in [0.25, 0.3) is 0 Å². The maximum Gasteiger partial charge on any atom is 0.411 e. The van der Waals surface area contributed by atoms with Crippen LogP contribution < -0.4 is 10.6 Å². The van der Waals surface area contributed by atoms with Crippen LogP contribution >= 0.6 is 0 Å². The van der Waals surface area contributed by atoms with E-state index in [-0.39, 0.29) is 18.1 Å². The van der Waals surface area contributed by atoms with E-state index in [1.54, 1.807) is 14.2 Å². The van der Waals surface area contributed by atoms with E-state index in [0.717, 1.165) is 0 Å². The first kappa shape index (κ1) is 21.0. The monoisotopic (exact) mass is 327 g/mol. The van der Waals surface area contributed by atoms with Gasteiger partial charge in [-0.1, -0.05) is 20.8 Å². The second-order valence-electron chi connectivity index (χ2n) is 5.99. The lowest BCUT2D eigenvalue weighted by Gasteiger charge is -2.30. The number of ether oxygens (including phenoxy) is 2. The van der Waals surface area contributed by atoms with Crippen molar-refractivity contribution in [1.29, 1.82) is 0 Å². The highest BCUT2D eigenvalue weighted by Crippen LogP contribution is 2.20. The van der Waals surface area contributed by atoms with Crippen molar-refractivity contribution in [3.8, 4) is 0 Å². The summed E-state index contributed by atoms with van der Waals surface area (Å²) in [5, 5.41) is 6.16. The second kappa shape index (κ2) is 9.89. The van der Waals surface area contributed by atoms with Crippen LogP contribution in [-0.2, 0) is 9.47 Å². The van der Waals surface area contributed by atoms with Crippen molar-refractivity contribution in [2.24, 2.45) is 10.4 Å². The molecule has 1 atom stereocenters. The number of guanidine groups is 1. The Kier molecular flexibility index (Phi) is 9.43. The van der Waals surface area contributed by atoms with Crippen LogP contribution in [0.15, 0.2) is 4.99 Å². The summed E-state index contributed by atoms with van der Waals surface area (Å²) < 4.78 is 45.6. The number of nitrogens with one attached hydrogen (secondary N) is 2. The Hall–Kier alpha value is -1.02. The number of halogens is 3. The van der Waals surface area contributed by atoms with E-state index >= 15 is 0 Å². The maximum atomic E-state index is 11.9. The molecule has 22 heavy (non-hydrogen) atoms. The molecule has 0 aliphatic heterocycles. The molecule has 0 rings (SSSR count). The van der Waals surface area contributed by atoms with Crippen LogP contribution in [0.4, 0.5) is 13.2 Å². The molecule has 0 saturated carbocycles. The van der Waals surface area contributed by atoms with E-state index in [1.165, 1.54) is 0 Å². The Labute approximate surface area is 130 Å². The fourth-order valence-electron chi connectivity index (χ4n) is 1.72. The summed E-state index contributed by atoms with van der Waals surface area (Å²) in [6, 6.07) is 0. The molecule has 0 amide bonds. The van der Waals surface area contributed by atoms with Crippen molar-refractivity contribution >= 4 is 5.96 Å². The van der Waals surface area contributed by atoms with Crippen LogP contribution in [-0.4, -0.2) is 58.7 Å². The summed E-state index contributed by atoms with van der Waals surface area (Å²) in [7, 11) is 3.29. The van der Waals surface area contributed by atoms with Gasteiger partial charge in [0.05, 0.1) is 6.10 Å². The lowest BCUT2D eigenvalue weighted by Crippen LogP contribution is -2.45. The molecule has 5 nitrogen and oxygen atoms in total. The van der Waals surface area contributed by atoms with Crippen molar-refractivity contribution in [3.63, 3.8) is 0 Å². The molecule has 8 heteroatoms. The van der Waals surface area contributed by atoms with Crippen molar-refractivity contribution in [2.75, 3.05) is 40.5 Å². The molecule has 2 N–H and O–H groups in total. The van der Waals surface area contributed by atoms with Gasteiger partial charge in [-0.15, -0.1) is 0 Å². The van der Waals surface area contributed by atoms with Crippen LogP contribution in [0.1, 0.15) is 27.2 Å². The van der Waals surface area contributed by atoms with Gasteiger partial charge in [-0.3, -0.25) is 4.99 Å². The molecule has 132 valence electrons. The van der Waals surface area contributed by atoms with E-state index in [1.807, 2.05) is 0 Å². The van der Waals surface area contributed by atoms with Crippen LogP contribution in [0.2, 0.25) is 0 Å². The first-order valence-corrected chi connectivity index (χ1v) is 7.22. The summed E-state index contributed by atoms with van der Waals surface area (Å²) in [6.07, 6.45) is -3.79. The highest BCUT2D eigenvalue weighted by molar-refractivity contribution is 5.79. The number of alkyl halides is 3. The minimum atomic E-state index is -4.27. The van der Waals surface area contributed by atoms with E-state index in [4.69, 9.17) is 4.74 Å². The summed E-state index contributed by atoms with van der Waals surface area (Å²) in [5.41, 5.74) is -0.00790. The zero-order valence-electron chi connectivity index (χ0n) is 14.0. The Morgan fingerprint density at radius 3 is 2.27 bits per heavy atom. The average molecular weight is 327 g/mol. The van der Waals surface area contributed by atoms with E-state index in [2.05, 4.69) is 41.1 Å². The molecule has 0 aromatic carbocycles. The zero-order chi connectivity index (χ0) is 17.2. The fourth-order valence-corrected chi connectivity index (χ4v) is 1.72. The first-order chi connectivity index (χ1) is 10.1. The van der Waals surface area contributed by atoms with Crippen LogP contribution in [0, 0.1) is 5.41 Å². The number of aliphatic imine (C=N–C) groups is 1. The van der Waals surface area contributed by atoms with Gasteiger partial charge < -0.3 is 20.1 Å². The van der Waals surface area contributed by atoms with E-state index < -0.39 is 12.8 Å². The van der Waals surface area contributed by atoms with Gasteiger partial charge in [0.2, 0.25) is 0 Å². The van der Waals surface area contributed by atoms with Crippen LogP contribution in [0.5, 0.6) is 0 Å². The Balaban J connectivity index is 3.90. The lowest BCUT2D eigenvalue weighted by molar-refractivity contribution is -0.173. The molecule has 0 radical (unpaired) electrons. The standard InChI is InChI=1S/C14H28F3N3O2/c1-13(2,3)11(21-5)9-20-12(18-4)19-7-6-8-22-10-14(15,16)17/h11H,6-10H2,1-5H3,(H2,18,19,20). The van der Waals surface area contributed by atoms with Crippen molar-refractivity contribution in [2.45, 2.75) is 39.5 Å². The fraction of sp³-hybridized carbons (Fsp3) is 0.929. The van der Waals surface area contributed by atoms with Gasteiger partial charge in [-0.2, -0.15) is 13.2 Å². The number of methoxy groups -OCH3 is 1. The molecule has 0 aliphatic carbocycles. The predicted octanol–water partition coefficient (Wildman–Crippen LogP) is 2.18. The Morgan fingerprint density at radius 2 is 1.82 bits per heavy atom. The van der Waals surface area contributed by atoms with Gasteiger partial charge in [0.15, 0.2) is 5.96 Å². The molecule has 0 fully saturated rings. The quantitative estimate of drug-likeness (QED) is 0.408. The van der Waals surface area contributed by atoms with Crippen molar-refractivity contribution in [1.82, 2.24) is 10.6 Å². The SMILES string of the molecule is CN=C(NCCCOCC(F)(F)F)NCC(OC)C(C)(C)C. The first-order valence-electron chi connectivity index (χ1n) is 7.22. The van der Waals surface area contributed by atoms with E-state index in [9.17, 15) is 13.2 Å². The van der Waals surface area contributed by atoms with Crippen LogP contribution in [0.3, 0.4) is 0 Å². The minimum Gasteiger partial charge on any atom is -0.379 e. The molecule has 0 aromatic rings. The molecule has 0 saturated heterocycles. The number of nitrogens with zero attached hydrogens (tertiary/aromatic N) is 1. The number of hydrogen-bond donors (Lipinski definition) is 2. The largest absolute Gasteiger partial charge is 0.411 e. The third-order valence-corrected chi connectivity index (χ3v) is 2.95. The summed E-state index contributed by atoms with van der Waals surface area (Å²) >= 11 is 0. The number of rotatable bonds is 8. The molecule has 0 aromatic heterocycles. The van der Waals surface area contributed by atoms with Gasteiger partial charge >= 0.3 is 6.18 Å². The van der Waals surface area contributed by atoms with Crippen molar-refractivity contribution in [3.05, 3.63) is 0 Å². The highest BCUT2D eigenvalue weighted by atomic mass is 19.4. The topological polar surface area (TPSA) is 54.9 Å². The molecule has 0 heterocycles. The zero-order valence-corrected chi connectivity index (χ0v) is 14.0. The number of hydrogen-bond acceptors (Lipinski definition) is 3. The predicted molar refractivity (Wildman–Crippen MR) is 81.1 cm³/mol. The highest BCUT2D eigenvalue weighted by Gasteiger charge is 2.27. The van der Waals surface area contributed by atoms with Gasteiger partial charge in [0.1, 0.15) is 6.61 Å². The smallest absolute Gasteiger partial charge is 0.379 e. The molecule has 0 bridgehead atoms. The summed E-state index contributed by atoms with van der Waals surface area (Å²) in [6.45, 7) is 6.15. The molecular formula is C14H28F3N3O2. The maximum absolute atomic E-state index is 11.9. The van der Waals surface area contributed by atoms with Gasteiger partial charge in [-0.05, 0) is 11.8 Å². The Morgan fingerprint density at radius 1 is 1.18 bits per heavy atom. The minimum absolute atomic E-state index is 0.00790. The van der Waals surface area contributed by atoms with Crippen LogP contribution in [0.25, 0.3) is 0 Å². The molecule has 0 spiro atoms. The van der Waals surface area contributed by atoms with E-state index in [0.29, 0.717) is 25.5 Å². The Bertz CT molecular complexity index is 328. The third-order valence-electron chi connectivity index (χ3n) is 2.95. The summed E-state index contributed by atoms with van der Waals surface area (Å²) in [5.74, 6) is 0.585. The lowest BCUT2D eigenvalue weighted by atomic mass is 9.89. The average Bonchev–Trinajstić information content (AvgIpc) is 2.38. The van der Waals surface area contributed by atoms with Gasteiger partial charge in [-0.25, -0.2) is 0 Å². The molecule has 1 unspecified atom stereocenters. The normalized spacial score (nSPS) is 14.8.